The first kappa shape index (κ1) is 9.47. The SMILES string of the molecule is CC1(C)CSc2ccccc2SC1. The summed E-state index contributed by atoms with van der Waals surface area (Å²) in [5.74, 6) is 2.47. The molecule has 0 fully saturated rings. The van der Waals surface area contributed by atoms with Crippen LogP contribution in [0, 0.1) is 5.41 Å². The number of rotatable bonds is 0. The molecule has 1 aliphatic rings. The minimum absolute atomic E-state index is 0.467. The second-order valence-corrected chi connectivity index (χ2v) is 6.22. The van der Waals surface area contributed by atoms with Crippen molar-refractivity contribution in [3.05, 3.63) is 24.3 Å². The van der Waals surface area contributed by atoms with Crippen LogP contribution in [0.1, 0.15) is 13.8 Å². The molecule has 1 aromatic carbocycles. The summed E-state index contributed by atoms with van der Waals surface area (Å²) in [6, 6.07) is 8.72. The predicted octanol–water partition coefficient (Wildman–Crippen LogP) is 3.91. The molecule has 1 heterocycles. The maximum absolute atomic E-state index is 2.35. The van der Waals surface area contributed by atoms with E-state index in [1.807, 2.05) is 23.5 Å². The van der Waals surface area contributed by atoms with Crippen molar-refractivity contribution in [2.24, 2.45) is 5.41 Å². The van der Waals surface area contributed by atoms with E-state index in [4.69, 9.17) is 0 Å². The Morgan fingerprint density at radius 3 is 1.92 bits per heavy atom. The lowest BCUT2D eigenvalue weighted by molar-refractivity contribution is 0.493. The first-order valence-electron chi connectivity index (χ1n) is 4.52. The van der Waals surface area contributed by atoms with Gasteiger partial charge in [0.15, 0.2) is 0 Å². The first-order chi connectivity index (χ1) is 6.17. The van der Waals surface area contributed by atoms with Crippen molar-refractivity contribution in [3.8, 4) is 0 Å². The standard InChI is InChI=1S/C11H14S2/c1-11(2)7-12-9-5-3-4-6-10(9)13-8-11/h3-6H,7-8H2,1-2H3. The van der Waals surface area contributed by atoms with E-state index in [-0.39, 0.29) is 0 Å². The molecule has 0 amide bonds. The van der Waals surface area contributed by atoms with Gasteiger partial charge in [0.1, 0.15) is 0 Å². The highest BCUT2D eigenvalue weighted by Gasteiger charge is 2.22. The van der Waals surface area contributed by atoms with Crippen molar-refractivity contribution < 1.29 is 0 Å². The molecule has 0 unspecified atom stereocenters. The van der Waals surface area contributed by atoms with Crippen molar-refractivity contribution in [1.29, 1.82) is 0 Å². The summed E-state index contributed by atoms with van der Waals surface area (Å²) in [7, 11) is 0. The molecule has 70 valence electrons. The summed E-state index contributed by atoms with van der Waals surface area (Å²) in [4.78, 5) is 2.91. The van der Waals surface area contributed by atoms with Gasteiger partial charge in [-0.15, -0.1) is 23.5 Å². The van der Waals surface area contributed by atoms with Crippen molar-refractivity contribution in [3.63, 3.8) is 0 Å². The van der Waals surface area contributed by atoms with Gasteiger partial charge in [0.05, 0.1) is 0 Å². The van der Waals surface area contributed by atoms with Crippen LogP contribution < -0.4 is 0 Å². The Morgan fingerprint density at radius 1 is 1.00 bits per heavy atom. The largest absolute Gasteiger partial charge is 0.124 e. The van der Waals surface area contributed by atoms with Crippen LogP contribution >= 0.6 is 23.5 Å². The van der Waals surface area contributed by atoms with Crippen molar-refractivity contribution in [1.82, 2.24) is 0 Å². The zero-order chi connectivity index (χ0) is 9.31. The molecular weight excluding hydrogens is 196 g/mol. The lowest BCUT2D eigenvalue weighted by Gasteiger charge is -2.19. The van der Waals surface area contributed by atoms with E-state index in [0.717, 1.165) is 0 Å². The second kappa shape index (κ2) is 3.58. The number of benzene rings is 1. The fourth-order valence-electron chi connectivity index (χ4n) is 1.28. The van der Waals surface area contributed by atoms with E-state index in [1.165, 1.54) is 21.3 Å². The number of fused-ring (bicyclic) bond motifs is 1. The smallest absolute Gasteiger partial charge is 0.0208 e. The van der Waals surface area contributed by atoms with Crippen LogP contribution in [-0.2, 0) is 0 Å². The lowest BCUT2D eigenvalue weighted by atomic mass is 10.0. The third kappa shape index (κ3) is 2.23. The molecule has 1 aliphatic heterocycles. The minimum atomic E-state index is 0.467. The van der Waals surface area contributed by atoms with Gasteiger partial charge >= 0.3 is 0 Å². The van der Waals surface area contributed by atoms with Crippen molar-refractivity contribution in [2.45, 2.75) is 23.6 Å². The molecular formula is C11H14S2. The number of hydrogen-bond donors (Lipinski definition) is 0. The molecule has 2 heteroatoms. The van der Waals surface area contributed by atoms with Crippen LogP contribution in [0.25, 0.3) is 0 Å². The Morgan fingerprint density at radius 2 is 1.46 bits per heavy atom. The Bertz CT molecular complexity index is 276. The summed E-state index contributed by atoms with van der Waals surface area (Å²) in [5.41, 5.74) is 0.467. The number of thioether (sulfide) groups is 2. The van der Waals surface area contributed by atoms with E-state index in [0.29, 0.717) is 5.41 Å². The van der Waals surface area contributed by atoms with Crippen LogP contribution in [0.3, 0.4) is 0 Å². The van der Waals surface area contributed by atoms with Gasteiger partial charge in [-0.3, -0.25) is 0 Å². The molecule has 13 heavy (non-hydrogen) atoms. The average Bonchev–Trinajstić information content (AvgIpc) is 2.27. The van der Waals surface area contributed by atoms with Gasteiger partial charge < -0.3 is 0 Å². The molecule has 2 rings (SSSR count). The quantitative estimate of drug-likeness (QED) is 0.637. The van der Waals surface area contributed by atoms with E-state index in [9.17, 15) is 0 Å². The lowest BCUT2D eigenvalue weighted by Crippen LogP contribution is -2.16. The highest BCUT2D eigenvalue weighted by atomic mass is 32.2. The fourth-order valence-corrected chi connectivity index (χ4v) is 3.83. The normalized spacial score (nSPS) is 20.5. The maximum Gasteiger partial charge on any atom is 0.0208 e. The molecule has 0 N–H and O–H groups in total. The van der Waals surface area contributed by atoms with Crippen molar-refractivity contribution in [2.75, 3.05) is 11.5 Å². The zero-order valence-electron chi connectivity index (χ0n) is 8.04. The molecule has 0 saturated carbocycles. The Balaban J connectivity index is 2.27. The summed E-state index contributed by atoms with van der Waals surface area (Å²) in [6.07, 6.45) is 0. The van der Waals surface area contributed by atoms with Gasteiger partial charge in [-0.25, -0.2) is 0 Å². The third-order valence-electron chi connectivity index (χ3n) is 2.09. The zero-order valence-corrected chi connectivity index (χ0v) is 9.67. The summed E-state index contributed by atoms with van der Waals surface area (Å²) >= 11 is 3.99. The maximum atomic E-state index is 2.35. The summed E-state index contributed by atoms with van der Waals surface area (Å²) in [6.45, 7) is 4.69. The van der Waals surface area contributed by atoms with Gasteiger partial charge in [0, 0.05) is 21.3 Å². The Hall–Kier alpha value is -0.0800. The molecule has 0 radical (unpaired) electrons. The van der Waals surface area contributed by atoms with Gasteiger partial charge in [0.25, 0.3) is 0 Å². The Labute approximate surface area is 88.5 Å². The van der Waals surface area contributed by atoms with Gasteiger partial charge in [-0.05, 0) is 17.5 Å². The van der Waals surface area contributed by atoms with Crippen molar-refractivity contribution >= 4 is 23.5 Å². The molecule has 0 aromatic heterocycles. The molecule has 0 saturated heterocycles. The topological polar surface area (TPSA) is 0 Å². The fraction of sp³-hybridized carbons (Fsp3) is 0.455. The van der Waals surface area contributed by atoms with Gasteiger partial charge in [-0.1, -0.05) is 26.0 Å². The molecule has 0 bridgehead atoms. The van der Waals surface area contributed by atoms with E-state index in [1.54, 1.807) is 0 Å². The van der Waals surface area contributed by atoms with E-state index in [2.05, 4.69) is 38.1 Å². The number of hydrogen-bond acceptors (Lipinski definition) is 2. The molecule has 0 nitrogen and oxygen atoms in total. The van der Waals surface area contributed by atoms with E-state index >= 15 is 0 Å². The highest BCUT2D eigenvalue weighted by molar-refractivity contribution is 8.03. The molecule has 0 atom stereocenters. The summed E-state index contributed by atoms with van der Waals surface area (Å²) in [5, 5.41) is 0. The first-order valence-corrected chi connectivity index (χ1v) is 6.49. The molecule has 0 spiro atoms. The summed E-state index contributed by atoms with van der Waals surface area (Å²) < 4.78 is 0. The Kier molecular flexibility index (Phi) is 2.61. The second-order valence-electron chi connectivity index (χ2n) is 4.19. The average molecular weight is 210 g/mol. The molecule has 0 aliphatic carbocycles. The minimum Gasteiger partial charge on any atom is -0.124 e. The van der Waals surface area contributed by atoms with Crippen LogP contribution in [0.5, 0.6) is 0 Å². The van der Waals surface area contributed by atoms with Gasteiger partial charge in [-0.2, -0.15) is 0 Å². The van der Waals surface area contributed by atoms with Crippen LogP contribution in [-0.4, -0.2) is 11.5 Å². The van der Waals surface area contributed by atoms with Gasteiger partial charge in [0.2, 0.25) is 0 Å². The van der Waals surface area contributed by atoms with Crippen LogP contribution in [0.4, 0.5) is 0 Å². The van der Waals surface area contributed by atoms with Crippen LogP contribution in [0.15, 0.2) is 34.1 Å². The monoisotopic (exact) mass is 210 g/mol. The van der Waals surface area contributed by atoms with E-state index < -0.39 is 0 Å². The van der Waals surface area contributed by atoms with Crippen LogP contribution in [0.2, 0.25) is 0 Å². The highest BCUT2D eigenvalue weighted by Crippen LogP contribution is 2.41. The third-order valence-corrected chi connectivity index (χ3v) is 5.40. The predicted molar refractivity (Wildman–Crippen MR) is 61.7 cm³/mol. The molecule has 1 aromatic rings.